The quantitative estimate of drug-likeness (QED) is 0.748. The van der Waals surface area contributed by atoms with Crippen molar-refractivity contribution in [2.45, 2.75) is 0 Å². The van der Waals surface area contributed by atoms with Gasteiger partial charge in [0.25, 0.3) is 0 Å². The van der Waals surface area contributed by atoms with Gasteiger partial charge in [-0.05, 0) is 47.5 Å². The van der Waals surface area contributed by atoms with Crippen LogP contribution in [0.25, 0.3) is 22.0 Å². The van der Waals surface area contributed by atoms with Crippen molar-refractivity contribution >= 4 is 28.5 Å². The number of hydrogen-bond donors (Lipinski definition) is 2. The minimum absolute atomic E-state index is 0.144. The van der Waals surface area contributed by atoms with Crippen LogP contribution in [0.5, 0.6) is 0 Å². The summed E-state index contributed by atoms with van der Waals surface area (Å²) >= 11 is 6.01. The second-order valence-electron chi connectivity index (χ2n) is 4.63. The number of hydrogen-bond acceptors (Lipinski definition) is 2. The number of fused-ring (bicyclic) bond motifs is 1. The number of H-pyrrole nitrogens is 1. The zero-order valence-corrected chi connectivity index (χ0v) is 11.5. The van der Waals surface area contributed by atoms with Crippen molar-refractivity contribution in [3.05, 3.63) is 58.7 Å². The number of nitrogens with one attached hydrogen (secondary N) is 1. The number of rotatable bonds is 2. The number of aromatic carboxylic acids is 1. The predicted molar refractivity (Wildman–Crippen MR) is 80.4 cm³/mol. The molecule has 2 aromatic carbocycles. The topological polar surface area (TPSA) is 76.9 Å². The van der Waals surface area contributed by atoms with E-state index in [0.29, 0.717) is 10.6 Å². The molecule has 1 aromatic heterocycles. The Morgan fingerprint density at radius 2 is 1.95 bits per heavy atom. The van der Waals surface area contributed by atoms with Gasteiger partial charge in [0, 0.05) is 15.9 Å². The monoisotopic (exact) mass is 296 g/mol. The molecule has 3 aromatic rings. The van der Waals surface area contributed by atoms with E-state index in [9.17, 15) is 4.79 Å². The molecule has 0 unspecified atom stereocenters. The molecule has 102 valence electrons. The normalized spacial score (nSPS) is 10.5. The van der Waals surface area contributed by atoms with E-state index in [0.717, 1.165) is 22.0 Å². The molecule has 0 saturated carbocycles. The van der Waals surface area contributed by atoms with Crippen LogP contribution in [-0.4, -0.2) is 16.1 Å². The summed E-state index contributed by atoms with van der Waals surface area (Å²) in [4.78, 5) is 13.8. The summed E-state index contributed by atoms with van der Waals surface area (Å²) in [6.07, 6.45) is 0. The fourth-order valence-electron chi connectivity index (χ4n) is 2.25. The molecule has 0 fully saturated rings. The SMILES string of the molecule is N#Cc1cc(Cl)cc(-c2ccc3[nH]c(C(=O)O)cc3c2)c1. The second-order valence-corrected chi connectivity index (χ2v) is 5.07. The number of nitrogens with zero attached hydrogens (tertiary/aromatic N) is 1. The Kier molecular flexibility index (Phi) is 3.13. The van der Waals surface area contributed by atoms with Crippen LogP contribution in [0.2, 0.25) is 5.02 Å². The minimum Gasteiger partial charge on any atom is -0.477 e. The van der Waals surface area contributed by atoms with E-state index < -0.39 is 5.97 Å². The summed E-state index contributed by atoms with van der Waals surface area (Å²) in [7, 11) is 0. The van der Waals surface area contributed by atoms with Crippen molar-refractivity contribution in [1.82, 2.24) is 4.98 Å². The Bertz CT molecular complexity index is 906. The molecule has 0 spiro atoms. The smallest absolute Gasteiger partial charge is 0.352 e. The van der Waals surface area contributed by atoms with Crippen LogP contribution in [-0.2, 0) is 0 Å². The van der Waals surface area contributed by atoms with Gasteiger partial charge in [-0.3, -0.25) is 0 Å². The van der Waals surface area contributed by atoms with Crippen molar-refractivity contribution in [2.75, 3.05) is 0 Å². The summed E-state index contributed by atoms with van der Waals surface area (Å²) in [5.41, 5.74) is 3.07. The highest BCUT2D eigenvalue weighted by Gasteiger charge is 2.09. The molecule has 5 heteroatoms. The molecule has 4 nitrogen and oxygen atoms in total. The van der Waals surface area contributed by atoms with Gasteiger partial charge in [-0.15, -0.1) is 0 Å². The number of carboxylic acid groups (broad SMARTS) is 1. The molecule has 2 N–H and O–H groups in total. The van der Waals surface area contributed by atoms with Gasteiger partial charge in [0.1, 0.15) is 5.69 Å². The van der Waals surface area contributed by atoms with E-state index in [-0.39, 0.29) is 5.69 Å². The van der Waals surface area contributed by atoms with Crippen molar-refractivity contribution in [3.63, 3.8) is 0 Å². The fourth-order valence-corrected chi connectivity index (χ4v) is 2.48. The average molecular weight is 297 g/mol. The Morgan fingerprint density at radius 3 is 2.67 bits per heavy atom. The molecule has 3 rings (SSSR count). The maximum Gasteiger partial charge on any atom is 0.352 e. The van der Waals surface area contributed by atoms with Crippen LogP contribution in [0.4, 0.5) is 0 Å². The zero-order valence-electron chi connectivity index (χ0n) is 10.7. The molecule has 21 heavy (non-hydrogen) atoms. The average Bonchev–Trinajstić information content (AvgIpc) is 2.89. The molecule has 0 atom stereocenters. The molecule has 0 radical (unpaired) electrons. The van der Waals surface area contributed by atoms with Gasteiger partial charge in [-0.1, -0.05) is 17.7 Å². The molecular weight excluding hydrogens is 288 g/mol. The first kappa shape index (κ1) is 13.2. The molecule has 0 bridgehead atoms. The van der Waals surface area contributed by atoms with E-state index in [1.54, 1.807) is 24.3 Å². The third-order valence-corrected chi connectivity index (χ3v) is 3.43. The Hall–Kier alpha value is -2.77. The molecule has 0 aliphatic carbocycles. The molecule has 0 saturated heterocycles. The first-order valence-electron chi connectivity index (χ1n) is 6.14. The van der Waals surface area contributed by atoms with Crippen LogP contribution in [0.15, 0.2) is 42.5 Å². The highest BCUT2D eigenvalue weighted by Crippen LogP contribution is 2.28. The van der Waals surface area contributed by atoms with Gasteiger partial charge < -0.3 is 10.1 Å². The minimum atomic E-state index is -0.998. The van der Waals surface area contributed by atoms with E-state index in [1.165, 1.54) is 0 Å². The molecule has 0 amide bonds. The van der Waals surface area contributed by atoms with Gasteiger partial charge in [0.05, 0.1) is 11.6 Å². The Balaban J connectivity index is 2.15. The lowest BCUT2D eigenvalue weighted by atomic mass is 10.0. The van der Waals surface area contributed by atoms with E-state index in [1.807, 2.05) is 18.2 Å². The maximum atomic E-state index is 11.0. The number of aromatic nitrogens is 1. The highest BCUT2D eigenvalue weighted by molar-refractivity contribution is 6.31. The number of nitriles is 1. The summed E-state index contributed by atoms with van der Waals surface area (Å²) in [5, 5.41) is 19.3. The zero-order chi connectivity index (χ0) is 15.0. The number of carboxylic acids is 1. The van der Waals surface area contributed by atoms with Crippen molar-refractivity contribution < 1.29 is 9.90 Å². The van der Waals surface area contributed by atoms with Crippen molar-refractivity contribution in [1.29, 1.82) is 5.26 Å². The lowest BCUT2D eigenvalue weighted by Gasteiger charge is -2.03. The van der Waals surface area contributed by atoms with E-state index in [2.05, 4.69) is 11.1 Å². The molecule has 0 aliphatic rings. The van der Waals surface area contributed by atoms with Gasteiger partial charge in [-0.2, -0.15) is 5.26 Å². The molecular formula is C16H9ClN2O2. The number of aromatic amines is 1. The standard InChI is InChI=1S/C16H9ClN2O2/c17-13-4-9(8-18)3-11(6-13)10-1-2-14-12(5-10)7-15(19-14)16(20)21/h1-7,19H,(H,20,21). The number of halogens is 1. The number of benzene rings is 2. The van der Waals surface area contributed by atoms with Crippen molar-refractivity contribution in [3.8, 4) is 17.2 Å². The summed E-state index contributed by atoms with van der Waals surface area (Å²) in [6.45, 7) is 0. The van der Waals surface area contributed by atoms with Crippen LogP contribution >= 0.6 is 11.6 Å². The third-order valence-electron chi connectivity index (χ3n) is 3.21. The first-order chi connectivity index (χ1) is 10.1. The van der Waals surface area contributed by atoms with Crippen LogP contribution < -0.4 is 0 Å². The summed E-state index contributed by atoms with van der Waals surface area (Å²) in [5.74, 6) is -0.998. The van der Waals surface area contributed by atoms with Gasteiger partial charge >= 0.3 is 5.97 Å². The van der Waals surface area contributed by atoms with Crippen molar-refractivity contribution in [2.24, 2.45) is 0 Å². The molecule has 1 heterocycles. The fraction of sp³-hybridized carbons (Fsp3) is 0. The summed E-state index contributed by atoms with van der Waals surface area (Å²) in [6, 6.07) is 14.3. The Morgan fingerprint density at radius 1 is 1.14 bits per heavy atom. The van der Waals surface area contributed by atoms with Crippen LogP contribution in [0.3, 0.4) is 0 Å². The summed E-state index contributed by atoms with van der Waals surface area (Å²) < 4.78 is 0. The third kappa shape index (κ3) is 2.47. The number of carbonyl (C=O) groups is 1. The van der Waals surface area contributed by atoms with Gasteiger partial charge in [0.15, 0.2) is 0 Å². The lowest BCUT2D eigenvalue weighted by molar-refractivity contribution is 0.0691. The maximum absolute atomic E-state index is 11.0. The second kappa shape index (κ2) is 4.97. The van der Waals surface area contributed by atoms with E-state index in [4.69, 9.17) is 22.0 Å². The van der Waals surface area contributed by atoms with Gasteiger partial charge in [-0.25, -0.2) is 4.79 Å². The van der Waals surface area contributed by atoms with Gasteiger partial charge in [0.2, 0.25) is 0 Å². The van der Waals surface area contributed by atoms with Crippen LogP contribution in [0, 0.1) is 11.3 Å². The predicted octanol–water partition coefficient (Wildman–Crippen LogP) is 4.06. The first-order valence-corrected chi connectivity index (χ1v) is 6.52. The lowest BCUT2D eigenvalue weighted by Crippen LogP contribution is -1.94. The largest absolute Gasteiger partial charge is 0.477 e. The van der Waals surface area contributed by atoms with E-state index >= 15 is 0 Å². The highest BCUT2D eigenvalue weighted by atomic mass is 35.5. The molecule has 0 aliphatic heterocycles. The van der Waals surface area contributed by atoms with Crippen LogP contribution in [0.1, 0.15) is 16.1 Å². The Labute approximate surface area is 125 Å².